The highest BCUT2D eigenvalue weighted by molar-refractivity contribution is 6.04. The third-order valence-corrected chi connectivity index (χ3v) is 3.72. The van der Waals surface area contributed by atoms with Gasteiger partial charge in [-0.25, -0.2) is 4.39 Å². The van der Waals surface area contributed by atoms with Crippen molar-refractivity contribution in [2.24, 2.45) is 5.73 Å². The molecule has 0 fully saturated rings. The second kappa shape index (κ2) is 8.94. The average Bonchev–Trinajstić information content (AvgIpc) is 2.60. The normalized spacial score (nSPS) is 10.4. The summed E-state index contributed by atoms with van der Waals surface area (Å²) in [5.74, 6) is -1.00. The molecule has 2 rings (SSSR count). The predicted octanol–water partition coefficient (Wildman–Crippen LogP) is 3.32. The first-order valence-electron chi connectivity index (χ1n) is 8.23. The molecule has 0 atom stereocenters. The molecule has 0 aliphatic carbocycles. The summed E-state index contributed by atoms with van der Waals surface area (Å²) >= 11 is 0. The van der Waals surface area contributed by atoms with Gasteiger partial charge < -0.3 is 16.4 Å². The Morgan fingerprint density at radius 2 is 1.92 bits per heavy atom. The van der Waals surface area contributed by atoms with E-state index in [9.17, 15) is 14.0 Å². The topological polar surface area (TPSA) is 84.2 Å². The van der Waals surface area contributed by atoms with Crippen molar-refractivity contribution in [1.82, 2.24) is 0 Å². The Bertz CT molecular complexity index is 762. The lowest BCUT2D eigenvalue weighted by molar-refractivity contribution is -0.116. The summed E-state index contributed by atoms with van der Waals surface area (Å²) in [5, 5.41) is 5.57. The molecule has 0 radical (unpaired) electrons. The van der Waals surface area contributed by atoms with E-state index >= 15 is 0 Å². The van der Waals surface area contributed by atoms with Crippen LogP contribution in [0.5, 0.6) is 0 Å². The molecule has 4 N–H and O–H groups in total. The highest BCUT2D eigenvalue weighted by Crippen LogP contribution is 2.22. The van der Waals surface area contributed by atoms with E-state index in [-0.39, 0.29) is 11.5 Å². The van der Waals surface area contributed by atoms with Gasteiger partial charge in [-0.15, -0.1) is 0 Å². The molecule has 25 heavy (non-hydrogen) atoms. The summed E-state index contributed by atoms with van der Waals surface area (Å²) in [6.45, 7) is 2.44. The molecule has 132 valence electrons. The first kappa shape index (κ1) is 18.6. The maximum atomic E-state index is 13.2. The van der Waals surface area contributed by atoms with Gasteiger partial charge in [0.15, 0.2) is 0 Å². The number of amides is 2. The Kier molecular flexibility index (Phi) is 6.65. The molecule has 0 heterocycles. The maximum absolute atomic E-state index is 13.2. The van der Waals surface area contributed by atoms with Gasteiger partial charge in [0.25, 0.3) is 5.91 Å². The van der Waals surface area contributed by atoms with E-state index in [1.54, 1.807) is 12.1 Å². The molecule has 0 saturated heterocycles. The summed E-state index contributed by atoms with van der Waals surface area (Å²) in [6.07, 6.45) is 1.70. The average molecular weight is 343 g/mol. The first-order valence-corrected chi connectivity index (χ1v) is 8.23. The Labute approximate surface area is 146 Å². The number of halogens is 1. The number of benzene rings is 2. The van der Waals surface area contributed by atoms with E-state index in [2.05, 4.69) is 10.6 Å². The Morgan fingerprint density at radius 3 is 2.60 bits per heavy atom. The summed E-state index contributed by atoms with van der Waals surface area (Å²) in [4.78, 5) is 24.2. The molecule has 2 aromatic carbocycles. The van der Waals surface area contributed by atoms with Crippen LogP contribution in [0.2, 0.25) is 0 Å². The number of aryl methyl sites for hydroxylation is 1. The monoisotopic (exact) mass is 343 g/mol. The Morgan fingerprint density at radius 1 is 1.12 bits per heavy atom. The van der Waals surface area contributed by atoms with Crippen LogP contribution in [-0.4, -0.2) is 18.4 Å². The van der Waals surface area contributed by atoms with E-state index < -0.39 is 11.7 Å². The van der Waals surface area contributed by atoms with Gasteiger partial charge >= 0.3 is 0 Å². The molecular formula is C19H22FN3O2. The van der Waals surface area contributed by atoms with Crippen LogP contribution in [0.3, 0.4) is 0 Å². The van der Waals surface area contributed by atoms with Crippen LogP contribution in [0.15, 0.2) is 42.5 Å². The van der Waals surface area contributed by atoms with E-state index in [4.69, 9.17) is 5.73 Å². The van der Waals surface area contributed by atoms with Gasteiger partial charge in [-0.3, -0.25) is 9.59 Å². The van der Waals surface area contributed by atoms with Gasteiger partial charge in [0.1, 0.15) is 5.82 Å². The highest BCUT2D eigenvalue weighted by atomic mass is 19.1. The number of anilines is 2. The number of rotatable bonds is 7. The second-order valence-electron chi connectivity index (χ2n) is 5.63. The number of nitrogens with one attached hydrogen (secondary N) is 2. The van der Waals surface area contributed by atoms with Gasteiger partial charge in [0.05, 0.1) is 0 Å². The van der Waals surface area contributed by atoms with Crippen LogP contribution in [0.1, 0.15) is 35.7 Å². The third-order valence-electron chi connectivity index (χ3n) is 3.72. The maximum Gasteiger partial charge on any atom is 0.255 e. The summed E-state index contributed by atoms with van der Waals surface area (Å²) < 4.78 is 13.2. The van der Waals surface area contributed by atoms with Crippen LogP contribution in [-0.2, 0) is 11.2 Å². The quantitative estimate of drug-likeness (QED) is 0.721. The molecule has 6 heteroatoms. The van der Waals surface area contributed by atoms with Crippen LogP contribution in [0, 0.1) is 5.82 Å². The molecule has 0 aliphatic rings. The molecule has 0 aromatic heterocycles. The number of hydrogen-bond donors (Lipinski definition) is 3. The minimum atomic E-state index is -0.471. The van der Waals surface area contributed by atoms with E-state index in [1.807, 2.05) is 13.0 Å². The standard InChI is InChI=1S/C19H22FN3O2/c1-2-13-8-9-16(12-17(13)23-18(24)7-4-10-21)22-19(25)14-5-3-6-15(20)11-14/h3,5-6,8-9,11-12H,2,4,7,10,21H2,1H3,(H,22,25)(H,23,24). The van der Waals surface area contributed by atoms with E-state index in [0.29, 0.717) is 30.8 Å². The van der Waals surface area contributed by atoms with Crippen molar-refractivity contribution >= 4 is 23.2 Å². The van der Waals surface area contributed by atoms with Gasteiger partial charge in [-0.05, 0) is 55.3 Å². The third kappa shape index (κ3) is 5.39. The van der Waals surface area contributed by atoms with Crippen molar-refractivity contribution in [3.8, 4) is 0 Å². The number of hydrogen-bond acceptors (Lipinski definition) is 3. The summed E-state index contributed by atoms with van der Waals surface area (Å²) in [5.41, 5.74) is 7.79. The molecule has 0 spiro atoms. The lowest BCUT2D eigenvalue weighted by atomic mass is 10.1. The van der Waals surface area contributed by atoms with Crippen molar-refractivity contribution in [1.29, 1.82) is 0 Å². The van der Waals surface area contributed by atoms with E-state index in [0.717, 1.165) is 12.0 Å². The van der Waals surface area contributed by atoms with Crippen LogP contribution in [0.4, 0.5) is 15.8 Å². The molecular weight excluding hydrogens is 321 g/mol. The lowest BCUT2D eigenvalue weighted by Gasteiger charge is -2.13. The molecule has 0 bridgehead atoms. The SMILES string of the molecule is CCc1ccc(NC(=O)c2cccc(F)c2)cc1NC(=O)CCCN. The zero-order chi connectivity index (χ0) is 18.2. The van der Waals surface area contributed by atoms with Crippen molar-refractivity contribution in [3.05, 3.63) is 59.4 Å². The van der Waals surface area contributed by atoms with Crippen LogP contribution >= 0.6 is 0 Å². The largest absolute Gasteiger partial charge is 0.330 e. The van der Waals surface area contributed by atoms with Gasteiger partial charge in [0.2, 0.25) is 5.91 Å². The molecule has 0 saturated carbocycles. The van der Waals surface area contributed by atoms with Gasteiger partial charge in [-0.2, -0.15) is 0 Å². The van der Waals surface area contributed by atoms with Crippen LogP contribution in [0.25, 0.3) is 0 Å². The Balaban J connectivity index is 2.14. The second-order valence-corrected chi connectivity index (χ2v) is 5.63. The van der Waals surface area contributed by atoms with Crippen molar-refractivity contribution < 1.29 is 14.0 Å². The molecule has 5 nitrogen and oxygen atoms in total. The van der Waals surface area contributed by atoms with Gasteiger partial charge in [0, 0.05) is 23.4 Å². The van der Waals surface area contributed by atoms with Crippen molar-refractivity contribution in [2.45, 2.75) is 26.2 Å². The molecule has 2 aromatic rings. The number of carbonyl (C=O) groups excluding carboxylic acids is 2. The van der Waals surface area contributed by atoms with Crippen LogP contribution < -0.4 is 16.4 Å². The zero-order valence-electron chi connectivity index (χ0n) is 14.1. The fourth-order valence-electron chi connectivity index (χ4n) is 2.39. The summed E-state index contributed by atoms with van der Waals surface area (Å²) in [7, 11) is 0. The fourth-order valence-corrected chi connectivity index (χ4v) is 2.39. The highest BCUT2D eigenvalue weighted by Gasteiger charge is 2.10. The number of carbonyl (C=O) groups is 2. The van der Waals surface area contributed by atoms with Gasteiger partial charge in [-0.1, -0.05) is 19.1 Å². The first-order chi connectivity index (χ1) is 12.0. The summed E-state index contributed by atoms with van der Waals surface area (Å²) in [6, 6.07) is 10.8. The smallest absolute Gasteiger partial charge is 0.255 e. The fraction of sp³-hybridized carbons (Fsp3) is 0.263. The molecule has 2 amide bonds. The number of nitrogens with two attached hydrogens (primary N) is 1. The lowest BCUT2D eigenvalue weighted by Crippen LogP contribution is -2.16. The van der Waals surface area contributed by atoms with Crippen molar-refractivity contribution in [3.63, 3.8) is 0 Å². The van der Waals surface area contributed by atoms with Crippen molar-refractivity contribution in [2.75, 3.05) is 17.2 Å². The predicted molar refractivity (Wildman–Crippen MR) is 97.1 cm³/mol. The molecule has 0 unspecified atom stereocenters. The molecule has 0 aliphatic heterocycles. The van der Waals surface area contributed by atoms with E-state index in [1.165, 1.54) is 24.3 Å². The zero-order valence-corrected chi connectivity index (χ0v) is 14.1. The Hall–Kier alpha value is -2.73. The minimum absolute atomic E-state index is 0.117. The minimum Gasteiger partial charge on any atom is -0.330 e.